The average molecular weight is 343 g/mol. The lowest BCUT2D eigenvalue weighted by Gasteiger charge is -2.32. The zero-order chi connectivity index (χ0) is 17.8. The molecule has 2 aromatic heterocycles. The van der Waals surface area contributed by atoms with Crippen LogP contribution in [0, 0.1) is 0 Å². The summed E-state index contributed by atoms with van der Waals surface area (Å²) in [6.45, 7) is 2.73. The van der Waals surface area contributed by atoms with Crippen LogP contribution in [0.15, 0.2) is 24.5 Å². The second-order valence-electron chi connectivity index (χ2n) is 6.06. The maximum Gasteiger partial charge on any atom is 0.255 e. The number of piperidine rings is 1. The van der Waals surface area contributed by atoms with E-state index in [2.05, 4.69) is 20.5 Å². The van der Waals surface area contributed by atoms with E-state index < -0.39 is 0 Å². The lowest BCUT2D eigenvalue weighted by molar-refractivity contribution is -0.114. The van der Waals surface area contributed by atoms with E-state index in [0.717, 1.165) is 18.5 Å². The molecule has 8 heteroatoms. The highest BCUT2D eigenvalue weighted by atomic mass is 16.5. The maximum atomic E-state index is 12.7. The van der Waals surface area contributed by atoms with Crippen molar-refractivity contribution in [2.24, 2.45) is 0 Å². The number of methoxy groups -OCH3 is 1. The summed E-state index contributed by atoms with van der Waals surface area (Å²) in [5.41, 5.74) is 2.08. The molecule has 3 heterocycles. The molecular weight excluding hydrogens is 322 g/mol. The van der Waals surface area contributed by atoms with E-state index >= 15 is 0 Å². The third-order valence-corrected chi connectivity index (χ3v) is 4.29. The minimum Gasteiger partial charge on any atom is -0.481 e. The normalized spacial score (nSPS) is 17.2. The van der Waals surface area contributed by atoms with Crippen LogP contribution in [0.25, 0.3) is 0 Å². The number of aromatic amines is 1. The molecule has 25 heavy (non-hydrogen) atoms. The van der Waals surface area contributed by atoms with Gasteiger partial charge >= 0.3 is 0 Å². The highest BCUT2D eigenvalue weighted by Crippen LogP contribution is 2.30. The average Bonchev–Trinajstić information content (AvgIpc) is 3.08. The number of anilines is 1. The molecule has 0 saturated carbocycles. The molecule has 8 nitrogen and oxygen atoms in total. The molecule has 1 saturated heterocycles. The van der Waals surface area contributed by atoms with Gasteiger partial charge in [-0.2, -0.15) is 5.10 Å². The van der Waals surface area contributed by atoms with Crippen molar-refractivity contribution in [1.29, 1.82) is 0 Å². The Morgan fingerprint density at radius 3 is 2.88 bits per heavy atom. The molecule has 2 amide bonds. The predicted molar refractivity (Wildman–Crippen MR) is 91.6 cm³/mol. The first-order chi connectivity index (χ1) is 12.1. The molecule has 3 rings (SSSR count). The van der Waals surface area contributed by atoms with Crippen LogP contribution >= 0.6 is 0 Å². The number of nitrogens with zero attached hydrogens (tertiary/aromatic N) is 3. The number of carbonyl (C=O) groups excluding carboxylic acids is 2. The lowest BCUT2D eigenvalue weighted by Crippen LogP contribution is -2.39. The Balaban J connectivity index is 1.73. The van der Waals surface area contributed by atoms with Crippen molar-refractivity contribution in [3.05, 3.63) is 35.8 Å². The Hall–Kier alpha value is -2.90. The lowest BCUT2D eigenvalue weighted by atomic mass is 9.93. The predicted octanol–water partition coefficient (Wildman–Crippen LogP) is 1.79. The number of hydrogen-bond donors (Lipinski definition) is 2. The summed E-state index contributed by atoms with van der Waals surface area (Å²) in [5.74, 6) is 0.384. The molecular formula is C17H21N5O3. The van der Waals surface area contributed by atoms with Gasteiger partial charge in [-0.1, -0.05) is 0 Å². The number of aromatic nitrogens is 3. The Bertz CT molecular complexity index is 756. The summed E-state index contributed by atoms with van der Waals surface area (Å²) in [6.07, 6.45) is 4.95. The molecule has 0 radical (unpaired) electrons. The number of ether oxygens (including phenoxy) is 1. The van der Waals surface area contributed by atoms with E-state index in [0.29, 0.717) is 30.2 Å². The van der Waals surface area contributed by atoms with Crippen molar-refractivity contribution < 1.29 is 14.3 Å². The number of rotatable bonds is 4. The molecule has 132 valence electrons. The number of carbonyl (C=O) groups is 2. The summed E-state index contributed by atoms with van der Waals surface area (Å²) in [5, 5.41) is 9.77. The second-order valence-corrected chi connectivity index (χ2v) is 6.06. The van der Waals surface area contributed by atoms with Crippen LogP contribution in [0.2, 0.25) is 0 Å². The Morgan fingerprint density at radius 1 is 1.36 bits per heavy atom. The van der Waals surface area contributed by atoms with Crippen molar-refractivity contribution >= 4 is 17.5 Å². The van der Waals surface area contributed by atoms with Crippen molar-refractivity contribution in [1.82, 2.24) is 20.1 Å². The zero-order valence-electron chi connectivity index (χ0n) is 14.3. The molecule has 0 aromatic carbocycles. The fourth-order valence-corrected chi connectivity index (χ4v) is 3.10. The number of amides is 2. The maximum absolute atomic E-state index is 12.7. The van der Waals surface area contributed by atoms with Crippen LogP contribution in [0.3, 0.4) is 0 Å². The van der Waals surface area contributed by atoms with Crippen molar-refractivity contribution in [2.75, 3.05) is 25.5 Å². The Kier molecular flexibility index (Phi) is 4.97. The smallest absolute Gasteiger partial charge is 0.255 e. The number of nitrogens with one attached hydrogen (secondary N) is 2. The van der Waals surface area contributed by atoms with Crippen LogP contribution < -0.4 is 10.1 Å². The van der Waals surface area contributed by atoms with Gasteiger partial charge in [0, 0.05) is 38.2 Å². The van der Waals surface area contributed by atoms with Gasteiger partial charge < -0.3 is 15.0 Å². The molecule has 1 unspecified atom stereocenters. The largest absolute Gasteiger partial charge is 0.481 e. The Labute approximate surface area is 145 Å². The number of pyridine rings is 1. The number of likely N-dealkylation sites (tertiary alicyclic amines) is 1. The van der Waals surface area contributed by atoms with Crippen LogP contribution in [0.4, 0.5) is 5.69 Å². The molecule has 0 spiro atoms. The molecule has 2 aromatic rings. The summed E-state index contributed by atoms with van der Waals surface area (Å²) in [4.78, 5) is 30.0. The van der Waals surface area contributed by atoms with Gasteiger partial charge in [-0.25, -0.2) is 4.98 Å². The third-order valence-electron chi connectivity index (χ3n) is 4.29. The molecule has 0 bridgehead atoms. The second kappa shape index (κ2) is 7.33. The van der Waals surface area contributed by atoms with E-state index in [9.17, 15) is 9.59 Å². The van der Waals surface area contributed by atoms with Crippen LogP contribution in [0.1, 0.15) is 41.7 Å². The minimum absolute atomic E-state index is 0.0551. The number of H-pyrrole nitrogens is 1. The first kappa shape index (κ1) is 16.9. The molecule has 1 atom stereocenters. The van der Waals surface area contributed by atoms with Crippen LogP contribution in [-0.4, -0.2) is 52.1 Å². The van der Waals surface area contributed by atoms with Crippen LogP contribution in [0.5, 0.6) is 5.88 Å². The first-order valence-corrected chi connectivity index (χ1v) is 8.18. The minimum atomic E-state index is -0.143. The van der Waals surface area contributed by atoms with Crippen molar-refractivity contribution in [3.8, 4) is 5.88 Å². The zero-order valence-corrected chi connectivity index (χ0v) is 14.3. The topological polar surface area (TPSA) is 100 Å². The molecule has 1 aliphatic heterocycles. The van der Waals surface area contributed by atoms with Crippen LogP contribution in [-0.2, 0) is 4.79 Å². The summed E-state index contributed by atoms with van der Waals surface area (Å²) >= 11 is 0. The monoisotopic (exact) mass is 343 g/mol. The third kappa shape index (κ3) is 3.78. The fourth-order valence-electron chi connectivity index (χ4n) is 3.10. The standard InChI is InChI=1S/C17H21N5O3/c1-11(23)20-14-9-19-21-16(14)13-4-3-7-22(10-13)17(24)12-5-6-15(25-2)18-8-12/h5-6,8-9,13H,3-4,7,10H2,1-2H3,(H,19,21)(H,20,23). The van der Waals surface area contributed by atoms with Crippen molar-refractivity contribution in [3.63, 3.8) is 0 Å². The number of hydrogen-bond acceptors (Lipinski definition) is 5. The van der Waals surface area contributed by atoms with Gasteiger partial charge in [-0.3, -0.25) is 14.7 Å². The molecule has 2 N–H and O–H groups in total. The summed E-state index contributed by atoms with van der Waals surface area (Å²) in [6, 6.07) is 3.40. The van der Waals surface area contributed by atoms with E-state index in [4.69, 9.17) is 4.74 Å². The van der Waals surface area contributed by atoms with E-state index in [1.807, 2.05) is 4.90 Å². The van der Waals surface area contributed by atoms with Crippen molar-refractivity contribution in [2.45, 2.75) is 25.7 Å². The van der Waals surface area contributed by atoms with Gasteiger partial charge in [0.25, 0.3) is 5.91 Å². The molecule has 0 aliphatic carbocycles. The van der Waals surface area contributed by atoms with Gasteiger partial charge in [0.05, 0.1) is 30.3 Å². The van der Waals surface area contributed by atoms with Gasteiger partial charge in [0.1, 0.15) is 0 Å². The fraction of sp³-hybridized carbons (Fsp3) is 0.412. The SMILES string of the molecule is COc1ccc(C(=O)N2CCCC(c3[nH]ncc3NC(C)=O)C2)cn1. The van der Waals surface area contributed by atoms with E-state index in [1.165, 1.54) is 20.2 Å². The van der Waals surface area contributed by atoms with Gasteiger partial charge in [0.2, 0.25) is 11.8 Å². The quantitative estimate of drug-likeness (QED) is 0.881. The summed E-state index contributed by atoms with van der Waals surface area (Å²) in [7, 11) is 1.54. The highest BCUT2D eigenvalue weighted by Gasteiger charge is 2.28. The highest BCUT2D eigenvalue weighted by molar-refractivity contribution is 5.94. The molecule has 1 aliphatic rings. The van der Waals surface area contributed by atoms with E-state index in [-0.39, 0.29) is 17.7 Å². The molecule has 1 fully saturated rings. The van der Waals surface area contributed by atoms with Gasteiger partial charge in [-0.05, 0) is 18.9 Å². The Morgan fingerprint density at radius 2 is 2.20 bits per heavy atom. The van der Waals surface area contributed by atoms with Gasteiger partial charge in [-0.15, -0.1) is 0 Å². The summed E-state index contributed by atoms with van der Waals surface area (Å²) < 4.78 is 5.02. The van der Waals surface area contributed by atoms with E-state index in [1.54, 1.807) is 18.3 Å². The van der Waals surface area contributed by atoms with Gasteiger partial charge in [0.15, 0.2) is 0 Å². The first-order valence-electron chi connectivity index (χ1n) is 8.18.